The van der Waals surface area contributed by atoms with E-state index in [1.54, 1.807) is 0 Å². The number of hydrogen-bond donors (Lipinski definition) is 2. The number of anilines is 1. The molecule has 0 aliphatic rings. The summed E-state index contributed by atoms with van der Waals surface area (Å²) in [7, 11) is 1.30. The summed E-state index contributed by atoms with van der Waals surface area (Å²) in [6, 6.07) is 0. The van der Waals surface area contributed by atoms with Crippen molar-refractivity contribution >= 4 is 27.8 Å². The van der Waals surface area contributed by atoms with E-state index in [0.717, 1.165) is 4.57 Å². The van der Waals surface area contributed by atoms with Gasteiger partial charge in [0.25, 0.3) is 11.5 Å². The van der Waals surface area contributed by atoms with Crippen LogP contribution in [0, 0.1) is 12.7 Å². The van der Waals surface area contributed by atoms with Crippen molar-refractivity contribution in [3.63, 3.8) is 0 Å². The minimum Gasteiger partial charge on any atom is -0.504 e. The van der Waals surface area contributed by atoms with Crippen molar-refractivity contribution in [3.05, 3.63) is 44.3 Å². The summed E-state index contributed by atoms with van der Waals surface area (Å²) in [5.41, 5.74) is -1.60. The molecule has 7 nitrogen and oxygen atoms in total. The first kappa shape index (κ1) is 15.1. The first-order chi connectivity index (χ1) is 9.82. The fourth-order valence-corrected chi connectivity index (χ4v) is 1.80. The van der Waals surface area contributed by atoms with Crippen LogP contribution in [0.1, 0.15) is 16.1 Å². The van der Waals surface area contributed by atoms with Gasteiger partial charge in [-0.3, -0.25) is 14.9 Å². The summed E-state index contributed by atoms with van der Waals surface area (Å²) in [4.78, 5) is 31.6. The quantitative estimate of drug-likeness (QED) is 0.846. The molecule has 0 atom stereocenters. The second-order valence-electron chi connectivity index (χ2n) is 4.17. The normalized spacial score (nSPS) is 10.5. The van der Waals surface area contributed by atoms with Crippen LogP contribution in [0.3, 0.4) is 0 Å². The van der Waals surface area contributed by atoms with Crippen LogP contribution >= 0.6 is 15.9 Å². The number of nitrogens with zero attached hydrogens (tertiary/aromatic N) is 3. The van der Waals surface area contributed by atoms with E-state index in [2.05, 4.69) is 31.2 Å². The molecule has 0 saturated heterocycles. The van der Waals surface area contributed by atoms with Gasteiger partial charge in [0.05, 0.1) is 10.2 Å². The molecule has 21 heavy (non-hydrogen) atoms. The zero-order valence-corrected chi connectivity index (χ0v) is 12.6. The molecule has 0 aliphatic heterocycles. The van der Waals surface area contributed by atoms with Crippen LogP contribution in [0.25, 0.3) is 0 Å². The molecule has 0 spiro atoms. The number of nitrogens with one attached hydrogen (secondary N) is 1. The number of pyridine rings is 1. The molecule has 2 aromatic heterocycles. The highest BCUT2D eigenvalue weighted by Crippen LogP contribution is 2.21. The van der Waals surface area contributed by atoms with Crippen molar-refractivity contribution in [1.82, 2.24) is 14.5 Å². The third-order valence-electron chi connectivity index (χ3n) is 2.86. The van der Waals surface area contributed by atoms with Crippen LogP contribution in [-0.2, 0) is 7.05 Å². The lowest BCUT2D eigenvalue weighted by Crippen LogP contribution is -2.30. The van der Waals surface area contributed by atoms with Gasteiger partial charge in [-0.1, -0.05) is 0 Å². The maximum absolute atomic E-state index is 13.8. The number of rotatable bonds is 2. The average Bonchev–Trinajstić information content (AvgIpc) is 2.46. The van der Waals surface area contributed by atoms with Crippen LogP contribution in [0.15, 0.2) is 21.7 Å². The standard InChI is InChI=1S/C12H10BrFN4O3/c1-5-8(14)9(19)7(11(21)18(5)2)10(20)17-12-15-3-6(13)4-16-12/h3-4,19H,1-2H3,(H,15,16,17,20). The molecule has 2 rings (SSSR count). The van der Waals surface area contributed by atoms with E-state index in [4.69, 9.17) is 0 Å². The largest absolute Gasteiger partial charge is 0.504 e. The molecule has 0 fully saturated rings. The van der Waals surface area contributed by atoms with E-state index in [1.807, 2.05) is 0 Å². The highest BCUT2D eigenvalue weighted by atomic mass is 79.9. The Balaban J connectivity index is 2.45. The number of aromatic nitrogens is 3. The monoisotopic (exact) mass is 356 g/mol. The number of carbonyl (C=O) groups excluding carboxylic acids is 1. The van der Waals surface area contributed by atoms with E-state index < -0.39 is 28.6 Å². The Morgan fingerprint density at radius 1 is 1.43 bits per heavy atom. The lowest BCUT2D eigenvalue weighted by molar-refractivity contribution is 0.102. The van der Waals surface area contributed by atoms with Crippen LogP contribution in [0.5, 0.6) is 5.75 Å². The molecule has 2 heterocycles. The van der Waals surface area contributed by atoms with Crippen LogP contribution < -0.4 is 10.9 Å². The SMILES string of the molecule is Cc1c(F)c(O)c(C(=O)Nc2ncc(Br)cn2)c(=O)n1C. The highest BCUT2D eigenvalue weighted by molar-refractivity contribution is 9.10. The summed E-state index contributed by atoms with van der Waals surface area (Å²) < 4.78 is 15.3. The van der Waals surface area contributed by atoms with Crippen molar-refractivity contribution in [3.8, 4) is 5.75 Å². The highest BCUT2D eigenvalue weighted by Gasteiger charge is 2.24. The molecule has 0 bridgehead atoms. The van der Waals surface area contributed by atoms with Gasteiger partial charge in [0.1, 0.15) is 5.56 Å². The van der Waals surface area contributed by atoms with Crippen molar-refractivity contribution in [2.75, 3.05) is 5.32 Å². The zero-order valence-electron chi connectivity index (χ0n) is 11.0. The molecular formula is C12H10BrFN4O3. The molecule has 9 heteroatoms. The molecule has 0 saturated carbocycles. The van der Waals surface area contributed by atoms with Gasteiger partial charge >= 0.3 is 0 Å². The molecule has 2 aromatic rings. The molecule has 0 radical (unpaired) electrons. The first-order valence-electron chi connectivity index (χ1n) is 5.70. The van der Waals surface area contributed by atoms with Crippen molar-refractivity contribution in [2.45, 2.75) is 6.92 Å². The van der Waals surface area contributed by atoms with Crippen molar-refractivity contribution in [2.24, 2.45) is 7.05 Å². The van der Waals surface area contributed by atoms with Gasteiger partial charge in [0, 0.05) is 19.4 Å². The first-order valence-corrected chi connectivity index (χ1v) is 6.49. The summed E-state index contributed by atoms with van der Waals surface area (Å²) >= 11 is 3.13. The Labute approximate surface area is 126 Å². The molecule has 1 amide bonds. The summed E-state index contributed by atoms with van der Waals surface area (Å²) in [5, 5.41) is 11.9. The number of carbonyl (C=O) groups is 1. The third kappa shape index (κ3) is 2.77. The Bertz CT molecular complexity index is 774. The number of hydrogen-bond acceptors (Lipinski definition) is 5. The van der Waals surface area contributed by atoms with E-state index in [-0.39, 0.29) is 11.6 Å². The fraction of sp³-hybridized carbons (Fsp3) is 0.167. The lowest BCUT2D eigenvalue weighted by Gasteiger charge is -2.10. The Morgan fingerprint density at radius 3 is 2.57 bits per heavy atom. The number of halogens is 2. The van der Waals surface area contributed by atoms with Gasteiger partial charge in [0.2, 0.25) is 5.95 Å². The van der Waals surface area contributed by atoms with Gasteiger partial charge in [-0.2, -0.15) is 0 Å². The number of aromatic hydroxyl groups is 1. The van der Waals surface area contributed by atoms with Crippen molar-refractivity contribution in [1.29, 1.82) is 0 Å². The summed E-state index contributed by atoms with van der Waals surface area (Å²) in [6.07, 6.45) is 2.77. The zero-order chi connectivity index (χ0) is 15.7. The van der Waals surface area contributed by atoms with E-state index in [0.29, 0.717) is 4.47 Å². The molecule has 0 aromatic carbocycles. The second kappa shape index (κ2) is 5.60. The Morgan fingerprint density at radius 2 is 2.00 bits per heavy atom. The topological polar surface area (TPSA) is 97.1 Å². The van der Waals surface area contributed by atoms with Gasteiger partial charge in [-0.25, -0.2) is 14.4 Å². The Kier molecular flexibility index (Phi) is 4.03. The Hall–Kier alpha value is -2.29. The minimum atomic E-state index is -1.03. The van der Waals surface area contributed by atoms with E-state index in [1.165, 1.54) is 26.4 Å². The van der Waals surface area contributed by atoms with Gasteiger partial charge in [-0.05, 0) is 22.9 Å². The van der Waals surface area contributed by atoms with Crippen LogP contribution in [0.2, 0.25) is 0 Å². The molecule has 0 aliphatic carbocycles. The number of amides is 1. The summed E-state index contributed by atoms with van der Waals surface area (Å²) in [5.74, 6) is -3.09. The third-order valence-corrected chi connectivity index (χ3v) is 3.27. The van der Waals surface area contributed by atoms with Crippen LogP contribution in [0.4, 0.5) is 10.3 Å². The molecular weight excluding hydrogens is 347 g/mol. The van der Waals surface area contributed by atoms with Gasteiger partial charge < -0.3 is 9.67 Å². The van der Waals surface area contributed by atoms with Gasteiger partial charge in [-0.15, -0.1) is 0 Å². The maximum Gasteiger partial charge on any atom is 0.267 e. The predicted molar refractivity (Wildman–Crippen MR) is 75.7 cm³/mol. The second-order valence-corrected chi connectivity index (χ2v) is 5.08. The minimum absolute atomic E-state index is 0.0751. The fourth-order valence-electron chi connectivity index (χ4n) is 1.60. The van der Waals surface area contributed by atoms with Crippen LogP contribution in [-0.4, -0.2) is 25.5 Å². The van der Waals surface area contributed by atoms with E-state index in [9.17, 15) is 19.1 Å². The molecule has 2 N–H and O–H groups in total. The van der Waals surface area contributed by atoms with Gasteiger partial charge in [0.15, 0.2) is 11.6 Å². The average molecular weight is 357 g/mol. The molecule has 0 unspecified atom stereocenters. The summed E-state index contributed by atoms with van der Waals surface area (Å²) in [6.45, 7) is 1.32. The smallest absolute Gasteiger partial charge is 0.267 e. The van der Waals surface area contributed by atoms with E-state index >= 15 is 0 Å². The molecule has 110 valence electrons. The predicted octanol–water partition coefficient (Wildman–Crippen LogP) is 1.34. The maximum atomic E-state index is 13.8. The van der Waals surface area contributed by atoms with Crippen molar-refractivity contribution < 1.29 is 14.3 Å². The lowest BCUT2D eigenvalue weighted by atomic mass is 10.2.